The number of aromatic nitrogens is 1. The summed E-state index contributed by atoms with van der Waals surface area (Å²) in [7, 11) is 0. The van der Waals surface area contributed by atoms with E-state index in [0.29, 0.717) is 5.75 Å². The average molecular weight is 286 g/mol. The van der Waals surface area contributed by atoms with Crippen LogP contribution in [0.3, 0.4) is 0 Å². The highest BCUT2D eigenvalue weighted by Crippen LogP contribution is 2.28. The molecule has 0 unspecified atom stereocenters. The van der Waals surface area contributed by atoms with Gasteiger partial charge in [-0.05, 0) is 37.1 Å². The molecule has 21 heavy (non-hydrogen) atoms. The second-order valence-electron chi connectivity index (χ2n) is 4.40. The number of ether oxygens (including phenoxy) is 2. The van der Waals surface area contributed by atoms with Crippen molar-refractivity contribution in [1.29, 1.82) is 0 Å². The molecule has 1 aromatic carbocycles. The summed E-state index contributed by atoms with van der Waals surface area (Å²) in [6.45, 7) is 4.11. The molecule has 110 valence electrons. The lowest BCUT2D eigenvalue weighted by Gasteiger charge is -2.10. The van der Waals surface area contributed by atoms with Crippen LogP contribution in [0.1, 0.15) is 29.8 Å². The van der Waals surface area contributed by atoms with Gasteiger partial charge in [0.2, 0.25) is 5.88 Å². The molecular weight excluding hydrogens is 268 g/mol. The summed E-state index contributed by atoms with van der Waals surface area (Å²) in [6, 6.07) is 9.15. The summed E-state index contributed by atoms with van der Waals surface area (Å²) >= 11 is 0. The molecular formula is C16H18N2O3. The number of nitrogens with zero attached hydrogens (tertiary/aromatic N) is 1. The Labute approximate surface area is 123 Å². The van der Waals surface area contributed by atoms with Gasteiger partial charge in [-0.1, -0.05) is 19.1 Å². The predicted molar refractivity (Wildman–Crippen MR) is 80.5 cm³/mol. The van der Waals surface area contributed by atoms with E-state index in [1.54, 1.807) is 6.92 Å². The molecule has 0 radical (unpaired) electrons. The Morgan fingerprint density at radius 1 is 1.19 bits per heavy atom. The van der Waals surface area contributed by atoms with Crippen LogP contribution in [0.2, 0.25) is 0 Å². The molecule has 0 saturated carbocycles. The van der Waals surface area contributed by atoms with Crippen molar-refractivity contribution in [3.05, 3.63) is 47.7 Å². The first-order valence-electron chi connectivity index (χ1n) is 6.84. The third-order valence-electron chi connectivity index (χ3n) is 3.00. The number of esters is 1. The lowest BCUT2D eigenvalue weighted by Crippen LogP contribution is -2.09. The maximum atomic E-state index is 11.8. The van der Waals surface area contributed by atoms with Crippen LogP contribution < -0.4 is 10.5 Å². The van der Waals surface area contributed by atoms with Crippen LogP contribution >= 0.6 is 0 Å². The van der Waals surface area contributed by atoms with Crippen molar-refractivity contribution in [3.63, 3.8) is 0 Å². The number of carbonyl (C=O) groups excluding carboxylic acids is 1. The highest BCUT2D eigenvalue weighted by atomic mass is 16.5. The van der Waals surface area contributed by atoms with E-state index < -0.39 is 5.97 Å². The first-order chi connectivity index (χ1) is 10.2. The van der Waals surface area contributed by atoms with E-state index in [1.165, 1.54) is 17.8 Å². The van der Waals surface area contributed by atoms with E-state index in [-0.39, 0.29) is 23.7 Å². The minimum absolute atomic E-state index is 0.176. The van der Waals surface area contributed by atoms with Gasteiger partial charge in [-0.3, -0.25) is 0 Å². The molecule has 0 saturated heterocycles. The molecule has 0 amide bonds. The second kappa shape index (κ2) is 6.74. The predicted octanol–water partition coefficient (Wildman–Crippen LogP) is 3.20. The zero-order valence-electron chi connectivity index (χ0n) is 12.1. The van der Waals surface area contributed by atoms with Gasteiger partial charge in [0.25, 0.3) is 0 Å². The highest BCUT2D eigenvalue weighted by molar-refractivity contribution is 5.96. The molecule has 0 aliphatic carbocycles. The molecule has 5 heteroatoms. The van der Waals surface area contributed by atoms with E-state index in [0.717, 1.165) is 6.42 Å². The fourth-order valence-corrected chi connectivity index (χ4v) is 1.83. The van der Waals surface area contributed by atoms with Gasteiger partial charge in [-0.25, -0.2) is 9.78 Å². The van der Waals surface area contributed by atoms with Crippen molar-refractivity contribution < 1.29 is 14.3 Å². The summed E-state index contributed by atoms with van der Waals surface area (Å²) in [4.78, 5) is 15.8. The maximum Gasteiger partial charge on any atom is 0.340 e. The average Bonchev–Trinajstić information content (AvgIpc) is 2.50. The summed E-state index contributed by atoms with van der Waals surface area (Å²) in [5, 5.41) is 0. The van der Waals surface area contributed by atoms with Crippen molar-refractivity contribution >= 4 is 11.7 Å². The highest BCUT2D eigenvalue weighted by Gasteiger charge is 2.15. The zero-order chi connectivity index (χ0) is 15.2. The van der Waals surface area contributed by atoms with Crippen LogP contribution in [0.15, 0.2) is 36.5 Å². The van der Waals surface area contributed by atoms with Gasteiger partial charge < -0.3 is 15.2 Å². The lowest BCUT2D eigenvalue weighted by molar-refractivity contribution is 0.0527. The summed E-state index contributed by atoms with van der Waals surface area (Å²) in [6.07, 6.45) is 2.43. The SMILES string of the molecule is CCOC(=O)c1ccnc(Oc2ccc(CC)cc2)c1N. The third kappa shape index (κ3) is 3.51. The van der Waals surface area contributed by atoms with Crippen molar-refractivity contribution in [2.45, 2.75) is 20.3 Å². The van der Waals surface area contributed by atoms with Gasteiger partial charge >= 0.3 is 5.97 Å². The Kier molecular flexibility index (Phi) is 4.77. The van der Waals surface area contributed by atoms with E-state index in [4.69, 9.17) is 15.2 Å². The molecule has 2 N–H and O–H groups in total. The Bertz CT molecular complexity index is 624. The van der Waals surface area contributed by atoms with Crippen LogP contribution in [-0.4, -0.2) is 17.6 Å². The van der Waals surface area contributed by atoms with Crippen molar-refractivity contribution in [2.75, 3.05) is 12.3 Å². The Hall–Kier alpha value is -2.56. The summed E-state index contributed by atoms with van der Waals surface area (Å²) < 4.78 is 10.6. The van der Waals surface area contributed by atoms with Gasteiger partial charge in [0.05, 0.1) is 12.2 Å². The number of nitrogen functional groups attached to an aromatic ring is 1. The Morgan fingerprint density at radius 3 is 2.52 bits per heavy atom. The smallest absolute Gasteiger partial charge is 0.340 e. The normalized spacial score (nSPS) is 10.2. The van der Waals surface area contributed by atoms with Crippen LogP contribution in [-0.2, 0) is 11.2 Å². The number of carbonyl (C=O) groups is 1. The van der Waals surface area contributed by atoms with Gasteiger partial charge in [0.15, 0.2) is 0 Å². The van der Waals surface area contributed by atoms with Crippen molar-refractivity contribution in [1.82, 2.24) is 4.98 Å². The number of benzene rings is 1. The molecule has 2 aromatic rings. The molecule has 0 aliphatic rings. The van der Waals surface area contributed by atoms with Gasteiger partial charge in [-0.2, -0.15) is 0 Å². The minimum Gasteiger partial charge on any atom is -0.462 e. The van der Waals surface area contributed by atoms with E-state index in [9.17, 15) is 4.79 Å². The number of hydrogen-bond acceptors (Lipinski definition) is 5. The summed E-state index contributed by atoms with van der Waals surface area (Å²) in [5.74, 6) is 0.334. The minimum atomic E-state index is -0.483. The number of aryl methyl sites for hydroxylation is 1. The molecule has 1 aromatic heterocycles. The number of hydrogen-bond donors (Lipinski definition) is 1. The maximum absolute atomic E-state index is 11.8. The largest absolute Gasteiger partial charge is 0.462 e. The molecule has 1 heterocycles. The quantitative estimate of drug-likeness (QED) is 0.854. The number of anilines is 1. The fraction of sp³-hybridized carbons (Fsp3) is 0.250. The van der Waals surface area contributed by atoms with Crippen molar-refractivity contribution in [3.8, 4) is 11.6 Å². The third-order valence-corrected chi connectivity index (χ3v) is 3.00. The second-order valence-corrected chi connectivity index (χ2v) is 4.40. The van der Waals surface area contributed by atoms with Crippen LogP contribution in [0.5, 0.6) is 11.6 Å². The first kappa shape index (κ1) is 14.8. The molecule has 5 nitrogen and oxygen atoms in total. The number of pyridine rings is 1. The standard InChI is InChI=1S/C16H18N2O3/c1-3-11-5-7-12(8-6-11)21-15-14(17)13(9-10-18-15)16(19)20-4-2/h5-10H,3-4,17H2,1-2H3. The van der Waals surface area contributed by atoms with Crippen LogP contribution in [0.25, 0.3) is 0 Å². The Morgan fingerprint density at radius 2 is 1.90 bits per heavy atom. The molecule has 0 aliphatic heterocycles. The monoisotopic (exact) mass is 286 g/mol. The summed E-state index contributed by atoms with van der Waals surface area (Å²) in [5.41, 5.74) is 7.57. The van der Waals surface area contributed by atoms with E-state index >= 15 is 0 Å². The van der Waals surface area contributed by atoms with Crippen LogP contribution in [0, 0.1) is 0 Å². The van der Waals surface area contributed by atoms with E-state index in [2.05, 4.69) is 11.9 Å². The van der Waals surface area contributed by atoms with Gasteiger partial charge in [0, 0.05) is 6.20 Å². The number of nitrogens with two attached hydrogens (primary N) is 1. The van der Waals surface area contributed by atoms with Gasteiger partial charge in [-0.15, -0.1) is 0 Å². The topological polar surface area (TPSA) is 74.4 Å². The van der Waals surface area contributed by atoms with Crippen molar-refractivity contribution in [2.24, 2.45) is 0 Å². The Balaban J connectivity index is 2.23. The molecule has 0 spiro atoms. The van der Waals surface area contributed by atoms with Gasteiger partial charge in [0.1, 0.15) is 11.4 Å². The molecule has 0 bridgehead atoms. The zero-order valence-corrected chi connectivity index (χ0v) is 12.1. The fourth-order valence-electron chi connectivity index (χ4n) is 1.83. The lowest BCUT2D eigenvalue weighted by atomic mass is 10.2. The van der Waals surface area contributed by atoms with E-state index in [1.807, 2.05) is 24.3 Å². The van der Waals surface area contributed by atoms with Crippen LogP contribution in [0.4, 0.5) is 5.69 Å². The molecule has 2 rings (SSSR count). The molecule has 0 fully saturated rings. The first-order valence-corrected chi connectivity index (χ1v) is 6.84. The molecule has 0 atom stereocenters. The number of rotatable bonds is 5.